The van der Waals surface area contributed by atoms with Crippen molar-refractivity contribution in [2.75, 3.05) is 13.1 Å². The van der Waals surface area contributed by atoms with Crippen LogP contribution < -0.4 is 0 Å². The average molecular weight is 237 g/mol. The Kier molecular flexibility index (Phi) is 4.18. The molecule has 0 aromatic rings. The Bertz CT molecular complexity index is 226. The van der Waals surface area contributed by atoms with E-state index in [0.717, 1.165) is 23.3 Å². The third kappa shape index (κ3) is 3.05. The molecule has 2 rings (SSSR count). The molecule has 0 radical (unpaired) electrons. The normalized spacial score (nSPS) is 27.2. The second-order valence-corrected chi connectivity index (χ2v) is 7.29. The number of hydrogen-bond donors (Lipinski definition) is 0. The van der Waals surface area contributed by atoms with Crippen molar-refractivity contribution < 1.29 is 0 Å². The molecule has 1 aliphatic carbocycles. The first-order valence-electron chi connectivity index (χ1n) is 7.76. The van der Waals surface area contributed by atoms with Gasteiger partial charge in [-0.05, 0) is 43.9 Å². The second kappa shape index (κ2) is 5.30. The van der Waals surface area contributed by atoms with Gasteiger partial charge in [0.2, 0.25) is 0 Å². The molecule has 0 bridgehead atoms. The molecule has 100 valence electrons. The number of nitrogens with zero attached hydrogens (tertiary/aromatic N) is 1. The molecule has 1 saturated carbocycles. The summed E-state index contributed by atoms with van der Waals surface area (Å²) in [7, 11) is 0. The summed E-state index contributed by atoms with van der Waals surface area (Å²) in [4.78, 5) is 2.65. The Balaban J connectivity index is 1.82. The number of hydrogen-bond acceptors (Lipinski definition) is 1. The van der Waals surface area contributed by atoms with Gasteiger partial charge in [-0.15, -0.1) is 0 Å². The van der Waals surface area contributed by atoms with Gasteiger partial charge in [-0.25, -0.2) is 0 Å². The zero-order valence-electron chi connectivity index (χ0n) is 12.3. The van der Waals surface area contributed by atoms with Crippen molar-refractivity contribution in [3.05, 3.63) is 0 Å². The van der Waals surface area contributed by atoms with Crippen LogP contribution in [0.25, 0.3) is 0 Å². The van der Waals surface area contributed by atoms with Crippen LogP contribution in [0, 0.1) is 17.3 Å². The molecule has 17 heavy (non-hydrogen) atoms. The van der Waals surface area contributed by atoms with E-state index in [0.29, 0.717) is 0 Å². The van der Waals surface area contributed by atoms with E-state index in [2.05, 4.69) is 32.6 Å². The summed E-state index contributed by atoms with van der Waals surface area (Å²) in [6, 6.07) is 0.759. The minimum absolute atomic E-state index is 0.728. The van der Waals surface area contributed by atoms with Gasteiger partial charge in [0, 0.05) is 19.1 Å². The second-order valence-electron chi connectivity index (χ2n) is 7.29. The van der Waals surface area contributed by atoms with Crippen molar-refractivity contribution in [1.29, 1.82) is 0 Å². The highest BCUT2D eigenvalue weighted by molar-refractivity contribution is 4.96. The van der Waals surface area contributed by atoms with Gasteiger partial charge < -0.3 is 0 Å². The molecule has 2 aliphatic rings. The van der Waals surface area contributed by atoms with Crippen molar-refractivity contribution in [3.63, 3.8) is 0 Å². The Hall–Kier alpha value is -0.0400. The van der Waals surface area contributed by atoms with Crippen molar-refractivity contribution in [2.45, 2.75) is 72.3 Å². The summed E-state index contributed by atoms with van der Waals surface area (Å²) < 4.78 is 0. The first-order valence-corrected chi connectivity index (χ1v) is 7.76. The maximum atomic E-state index is 2.65. The molecule has 1 heteroatoms. The standard InChI is InChI=1S/C16H31N/c1-13(2)15-7-5-9-16(10-6-8-15)11-17(12-16)14(3)4/h13-15H,5-12H2,1-4H3. The van der Waals surface area contributed by atoms with Gasteiger partial charge in [0.25, 0.3) is 0 Å². The van der Waals surface area contributed by atoms with Crippen molar-refractivity contribution in [3.8, 4) is 0 Å². The Morgan fingerprint density at radius 3 is 1.88 bits per heavy atom. The van der Waals surface area contributed by atoms with Gasteiger partial charge in [0.1, 0.15) is 0 Å². The first-order chi connectivity index (χ1) is 8.02. The zero-order chi connectivity index (χ0) is 12.5. The Labute approximate surface area is 108 Å². The van der Waals surface area contributed by atoms with Gasteiger partial charge in [0.15, 0.2) is 0 Å². The maximum Gasteiger partial charge on any atom is 0.00532 e. The van der Waals surface area contributed by atoms with Gasteiger partial charge in [-0.3, -0.25) is 4.90 Å². The summed E-state index contributed by atoms with van der Waals surface area (Å²) in [5, 5.41) is 0. The van der Waals surface area contributed by atoms with Crippen LogP contribution in [0.1, 0.15) is 66.2 Å². The zero-order valence-corrected chi connectivity index (χ0v) is 12.3. The lowest BCUT2D eigenvalue weighted by atomic mass is 9.68. The fourth-order valence-electron chi connectivity index (χ4n) is 3.91. The van der Waals surface area contributed by atoms with E-state index in [1.165, 1.54) is 51.6 Å². The number of likely N-dealkylation sites (tertiary alicyclic amines) is 1. The summed E-state index contributed by atoms with van der Waals surface area (Å²) in [6.45, 7) is 12.3. The van der Waals surface area contributed by atoms with E-state index < -0.39 is 0 Å². The van der Waals surface area contributed by atoms with E-state index >= 15 is 0 Å². The molecule has 0 N–H and O–H groups in total. The molecule has 1 saturated heterocycles. The molecule has 2 fully saturated rings. The molecule has 1 spiro atoms. The van der Waals surface area contributed by atoms with Crippen LogP contribution in [-0.4, -0.2) is 24.0 Å². The summed E-state index contributed by atoms with van der Waals surface area (Å²) in [5.41, 5.74) is 0.728. The predicted molar refractivity (Wildman–Crippen MR) is 75.2 cm³/mol. The molecule has 0 atom stereocenters. The summed E-state index contributed by atoms with van der Waals surface area (Å²) in [5.74, 6) is 1.91. The fraction of sp³-hybridized carbons (Fsp3) is 1.00. The van der Waals surface area contributed by atoms with Crippen molar-refractivity contribution in [1.82, 2.24) is 4.90 Å². The molecule has 0 aromatic carbocycles. The summed E-state index contributed by atoms with van der Waals surface area (Å²) >= 11 is 0. The van der Waals surface area contributed by atoms with Crippen LogP contribution in [0.2, 0.25) is 0 Å². The molecule has 1 aliphatic heterocycles. The molecular weight excluding hydrogens is 206 g/mol. The molecule has 1 nitrogen and oxygen atoms in total. The molecule has 0 amide bonds. The topological polar surface area (TPSA) is 3.24 Å². The monoisotopic (exact) mass is 237 g/mol. The van der Waals surface area contributed by atoms with Crippen molar-refractivity contribution in [2.24, 2.45) is 17.3 Å². The highest BCUT2D eigenvalue weighted by Gasteiger charge is 2.43. The molecule has 0 unspecified atom stereocenters. The highest BCUT2D eigenvalue weighted by atomic mass is 15.2. The van der Waals surface area contributed by atoms with Crippen LogP contribution in [0.3, 0.4) is 0 Å². The average Bonchev–Trinajstić information content (AvgIpc) is 2.13. The van der Waals surface area contributed by atoms with Gasteiger partial charge in [-0.2, -0.15) is 0 Å². The van der Waals surface area contributed by atoms with E-state index in [9.17, 15) is 0 Å². The minimum atomic E-state index is 0.728. The molecule has 0 aromatic heterocycles. The molecular formula is C16H31N. The lowest BCUT2D eigenvalue weighted by molar-refractivity contribution is -0.0425. The van der Waals surface area contributed by atoms with Crippen LogP contribution in [0.5, 0.6) is 0 Å². The van der Waals surface area contributed by atoms with Gasteiger partial charge in [-0.1, -0.05) is 39.5 Å². The number of rotatable bonds is 2. The van der Waals surface area contributed by atoms with E-state index in [1.54, 1.807) is 0 Å². The lowest BCUT2D eigenvalue weighted by Crippen LogP contribution is -2.58. The molecule has 1 heterocycles. The maximum absolute atomic E-state index is 2.65. The summed E-state index contributed by atoms with van der Waals surface area (Å²) in [6.07, 6.45) is 8.94. The van der Waals surface area contributed by atoms with Gasteiger partial charge in [0.05, 0.1) is 0 Å². The van der Waals surface area contributed by atoms with Gasteiger partial charge >= 0.3 is 0 Å². The third-order valence-corrected chi connectivity index (χ3v) is 5.31. The third-order valence-electron chi connectivity index (χ3n) is 5.31. The predicted octanol–water partition coefficient (Wildman–Crippen LogP) is 4.32. The van der Waals surface area contributed by atoms with Crippen LogP contribution in [0.15, 0.2) is 0 Å². The van der Waals surface area contributed by atoms with E-state index in [-0.39, 0.29) is 0 Å². The smallest absolute Gasteiger partial charge is 0.00532 e. The van der Waals surface area contributed by atoms with Crippen LogP contribution >= 0.6 is 0 Å². The quantitative estimate of drug-likeness (QED) is 0.691. The van der Waals surface area contributed by atoms with Crippen LogP contribution in [-0.2, 0) is 0 Å². The van der Waals surface area contributed by atoms with E-state index in [4.69, 9.17) is 0 Å². The minimum Gasteiger partial charge on any atom is -0.300 e. The SMILES string of the molecule is CC(C)C1CCCC2(CCC1)CN(C(C)C)C2. The Morgan fingerprint density at radius 1 is 0.941 bits per heavy atom. The Morgan fingerprint density at radius 2 is 1.47 bits per heavy atom. The van der Waals surface area contributed by atoms with E-state index in [1.807, 2.05) is 0 Å². The fourth-order valence-corrected chi connectivity index (χ4v) is 3.91. The highest BCUT2D eigenvalue weighted by Crippen LogP contribution is 2.44. The lowest BCUT2D eigenvalue weighted by Gasteiger charge is -2.53. The van der Waals surface area contributed by atoms with Crippen LogP contribution in [0.4, 0.5) is 0 Å². The largest absolute Gasteiger partial charge is 0.300 e. The van der Waals surface area contributed by atoms with Crippen molar-refractivity contribution >= 4 is 0 Å². The first kappa shape index (κ1) is 13.4.